The summed E-state index contributed by atoms with van der Waals surface area (Å²) in [6, 6.07) is 0. The second kappa shape index (κ2) is 7.59. The molecule has 0 aromatic rings. The van der Waals surface area contributed by atoms with Crippen LogP contribution in [0.2, 0.25) is 0 Å². The van der Waals surface area contributed by atoms with Gasteiger partial charge in [-0.3, -0.25) is 0 Å². The highest BCUT2D eigenvalue weighted by atomic mass is 35.5. The Morgan fingerprint density at radius 3 is 2.36 bits per heavy atom. The van der Waals surface area contributed by atoms with Gasteiger partial charge in [0.05, 0.1) is 5.37 Å². The van der Waals surface area contributed by atoms with E-state index in [4.69, 9.17) is 11.6 Å². The Bertz CT molecular complexity index is 90.5. The van der Waals surface area contributed by atoms with Crippen molar-refractivity contribution in [2.45, 2.75) is 30.9 Å². The van der Waals surface area contributed by atoms with Crippen LogP contribution in [-0.2, 0) is 0 Å². The molecular weight excluding hydrogens is 198 g/mol. The van der Waals surface area contributed by atoms with Crippen molar-refractivity contribution in [3.63, 3.8) is 0 Å². The van der Waals surface area contributed by atoms with Crippen molar-refractivity contribution in [2.75, 3.05) is 12.9 Å². The highest BCUT2D eigenvalue weighted by molar-refractivity contribution is 8.77. The molecule has 1 unspecified atom stereocenters. The Kier molecular flexibility index (Phi) is 8.25. The van der Waals surface area contributed by atoms with Crippen molar-refractivity contribution >= 4 is 33.2 Å². The highest BCUT2D eigenvalue weighted by Crippen LogP contribution is 2.30. The van der Waals surface area contributed by atoms with Gasteiger partial charge in [-0.15, -0.1) is 11.6 Å². The molecule has 0 radical (unpaired) electrons. The summed E-state index contributed by atoms with van der Waals surface area (Å²) < 4.78 is 0. The van der Waals surface area contributed by atoms with E-state index < -0.39 is 0 Å². The molecule has 0 bridgehead atoms. The summed E-state index contributed by atoms with van der Waals surface area (Å²) >= 11 is 5.63. The number of nitrogens with one attached hydrogen (secondary N) is 1. The Morgan fingerprint density at radius 1 is 1.36 bits per heavy atom. The van der Waals surface area contributed by atoms with Crippen LogP contribution in [0.15, 0.2) is 0 Å². The Balaban J connectivity index is 3.35. The first-order valence-corrected chi connectivity index (χ1v) is 6.57. The number of hydrogen-bond donors (Lipinski definition) is 1. The fourth-order valence-electron chi connectivity index (χ4n) is 0.518. The molecule has 0 aliphatic rings. The number of hydrogen-bond acceptors (Lipinski definition) is 3. The van der Waals surface area contributed by atoms with Gasteiger partial charge in [0.15, 0.2) is 0 Å². The van der Waals surface area contributed by atoms with Crippen LogP contribution in [0.3, 0.4) is 0 Å². The summed E-state index contributed by atoms with van der Waals surface area (Å²) in [7, 11) is 5.75. The standard InChI is InChI=1S/C7H16ClNS2/c1-6(2)10-11-7(9-3)4-5-8/h6-7,9H,4-5H2,1-3H3. The van der Waals surface area contributed by atoms with Gasteiger partial charge in [0, 0.05) is 11.1 Å². The molecule has 0 saturated carbocycles. The maximum Gasteiger partial charge on any atom is 0.0645 e. The van der Waals surface area contributed by atoms with Crippen molar-refractivity contribution in [3.8, 4) is 0 Å². The minimum atomic E-state index is 0.500. The molecule has 0 rings (SSSR count). The predicted molar refractivity (Wildman–Crippen MR) is 58.5 cm³/mol. The minimum absolute atomic E-state index is 0.500. The van der Waals surface area contributed by atoms with Crippen molar-refractivity contribution in [1.82, 2.24) is 5.32 Å². The molecule has 1 nitrogen and oxygen atoms in total. The molecule has 0 spiro atoms. The lowest BCUT2D eigenvalue weighted by atomic mass is 10.5. The van der Waals surface area contributed by atoms with E-state index in [0.717, 1.165) is 12.3 Å². The fourth-order valence-corrected chi connectivity index (χ4v) is 3.18. The second-order valence-electron chi connectivity index (χ2n) is 2.50. The largest absolute Gasteiger partial charge is 0.308 e. The third-order valence-corrected chi connectivity index (χ3v) is 4.66. The lowest BCUT2D eigenvalue weighted by Gasteiger charge is -2.14. The Labute approximate surface area is 82.4 Å². The molecule has 1 atom stereocenters. The summed E-state index contributed by atoms with van der Waals surface area (Å²) in [5.74, 6) is 0.733. The number of halogens is 1. The Hall–Kier alpha value is 0.950. The molecule has 0 aliphatic carbocycles. The van der Waals surface area contributed by atoms with Crippen molar-refractivity contribution in [3.05, 3.63) is 0 Å². The first-order chi connectivity index (χ1) is 5.20. The normalized spacial score (nSPS) is 13.9. The molecule has 4 heteroatoms. The van der Waals surface area contributed by atoms with E-state index in [2.05, 4.69) is 19.2 Å². The molecular formula is C7H16ClNS2. The smallest absolute Gasteiger partial charge is 0.0645 e. The van der Waals surface area contributed by atoms with E-state index in [9.17, 15) is 0 Å². The van der Waals surface area contributed by atoms with Crippen LogP contribution in [-0.4, -0.2) is 23.6 Å². The third-order valence-electron chi connectivity index (χ3n) is 1.06. The molecule has 0 amide bonds. The van der Waals surface area contributed by atoms with Crippen LogP contribution in [0.4, 0.5) is 0 Å². The number of rotatable bonds is 6. The first kappa shape index (κ1) is 11.9. The van der Waals surface area contributed by atoms with Crippen LogP contribution in [0.5, 0.6) is 0 Å². The highest BCUT2D eigenvalue weighted by Gasteiger charge is 2.06. The van der Waals surface area contributed by atoms with Gasteiger partial charge in [-0.1, -0.05) is 35.4 Å². The van der Waals surface area contributed by atoms with Gasteiger partial charge in [0.1, 0.15) is 0 Å². The van der Waals surface area contributed by atoms with Crippen LogP contribution >= 0.6 is 33.2 Å². The van der Waals surface area contributed by atoms with Gasteiger partial charge in [-0.25, -0.2) is 0 Å². The topological polar surface area (TPSA) is 12.0 Å². The van der Waals surface area contributed by atoms with Gasteiger partial charge in [-0.2, -0.15) is 0 Å². The average molecular weight is 214 g/mol. The molecule has 0 saturated heterocycles. The predicted octanol–water partition coefficient (Wildman–Crippen LogP) is 2.95. The molecule has 0 aliphatic heterocycles. The van der Waals surface area contributed by atoms with Crippen LogP contribution in [0, 0.1) is 0 Å². The molecule has 0 heterocycles. The van der Waals surface area contributed by atoms with Crippen LogP contribution < -0.4 is 5.32 Å². The van der Waals surface area contributed by atoms with E-state index >= 15 is 0 Å². The third kappa shape index (κ3) is 7.32. The average Bonchev–Trinajstić information content (AvgIpc) is 1.97. The quantitative estimate of drug-likeness (QED) is 0.414. The van der Waals surface area contributed by atoms with Gasteiger partial charge in [-0.05, 0) is 13.5 Å². The fraction of sp³-hybridized carbons (Fsp3) is 1.00. The van der Waals surface area contributed by atoms with E-state index in [1.165, 1.54) is 0 Å². The Morgan fingerprint density at radius 2 is 2.00 bits per heavy atom. The zero-order chi connectivity index (χ0) is 8.69. The lowest BCUT2D eigenvalue weighted by Crippen LogP contribution is -2.21. The maximum absolute atomic E-state index is 5.63. The maximum atomic E-state index is 5.63. The zero-order valence-electron chi connectivity index (χ0n) is 7.26. The van der Waals surface area contributed by atoms with E-state index in [0.29, 0.717) is 10.6 Å². The SMILES string of the molecule is CNC(CCCl)SSC(C)C. The van der Waals surface area contributed by atoms with Gasteiger partial charge < -0.3 is 5.32 Å². The van der Waals surface area contributed by atoms with E-state index in [1.54, 1.807) is 0 Å². The summed E-state index contributed by atoms with van der Waals surface area (Å²) in [5, 5.41) is 4.40. The summed E-state index contributed by atoms with van der Waals surface area (Å²) in [5.41, 5.74) is 0. The molecule has 11 heavy (non-hydrogen) atoms. The van der Waals surface area contributed by atoms with Gasteiger partial charge >= 0.3 is 0 Å². The van der Waals surface area contributed by atoms with Gasteiger partial charge in [0.2, 0.25) is 0 Å². The van der Waals surface area contributed by atoms with E-state index in [1.807, 2.05) is 28.6 Å². The summed E-state index contributed by atoms with van der Waals surface area (Å²) in [6.07, 6.45) is 1.03. The second-order valence-corrected chi connectivity index (χ2v) is 5.93. The summed E-state index contributed by atoms with van der Waals surface area (Å²) in [6.45, 7) is 4.40. The minimum Gasteiger partial charge on any atom is -0.308 e. The van der Waals surface area contributed by atoms with Crippen molar-refractivity contribution < 1.29 is 0 Å². The van der Waals surface area contributed by atoms with Crippen molar-refractivity contribution in [2.24, 2.45) is 0 Å². The molecule has 0 aromatic heterocycles. The first-order valence-electron chi connectivity index (χ1n) is 3.76. The molecule has 0 fully saturated rings. The lowest BCUT2D eigenvalue weighted by molar-refractivity contribution is 0.725. The van der Waals surface area contributed by atoms with Crippen LogP contribution in [0.25, 0.3) is 0 Å². The molecule has 0 aromatic carbocycles. The molecule has 1 N–H and O–H groups in total. The number of alkyl halides is 1. The van der Waals surface area contributed by atoms with Crippen LogP contribution in [0.1, 0.15) is 20.3 Å². The molecule has 68 valence electrons. The zero-order valence-corrected chi connectivity index (χ0v) is 9.65. The summed E-state index contributed by atoms with van der Waals surface area (Å²) in [4.78, 5) is 0. The van der Waals surface area contributed by atoms with E-state index in [-0.39, 0.29) is 0 Å². The van der Waals surface area contributed by atoms with Crippen molar-refractivity contribution in [1.29, 1.82) is 0 Å². The monoisotopic (exact) mass is 213 g/mol. The van der Waals surface area contributed by atoms with Gasteiger partial charge in [0.25, 0.3) is 0 Å².